The minimum absolute atomic E-state index is 0. The summed E-state index contributed by atoms with van der Waals surface area (Å²) < 4.78 is 8.88. The van der Waals surface area contributed by atoms with Crippen LogP contribution in [0.4, 0.5) is 0 Å². The van der Waals surface area contributed by atoms with Gasteiger partial charge in [-0.05, 0) is 0 Å². The summed E-state index contributed by atoms with van der Waals surface area (Å²) in [6, 6.07) is 0. The van der Waals surface area contributed by atoms with Crippen molar-refractivity contribution in [2.24, 2.45) is 0 Å². The smallest absolute Gasteiger partial charge is 0.412 e. The van der Waals surface area contributed by atoms with Crippen molar-refractivity contribution < 1.29 is 75.6 Å². The predicted molar refractivity (Wildman–Crippen MR) is 17.9 cm³/mol. The molecule has 0 amide bonds. The van der Waals surface area contributed by atoms with Gasteiger partial charge in [0.15, 0.2) is 0 Å². The minimum atomic E-state index is -4.64. The Morgan fingerprint density at radius 2 is 1.11 bits per heavy atom. The third-order valence-electron chi connectivity index (χ3n) is 0. The van der Waals surface area contributed by atoms with Gasteiger partial charge in [-0.3, -0.25) is 0 Å². The normalized spacial score (nSPS) is 6.56. The first kappa shape index (κ1) is 31.1. The van der Waals surface area contributed by atoms with Crippen LogP contribution in [0.25, 0.3) is 0 Å². The van der Waals surface area contributed by atoms with Crippen molar-refractivity contribution in [3.8, 4) is 0 Å². The Morgan fingerprint density at radius 3 is 1.11 bits per heavy atom. The molecule has 0 saturated carbocycles. The van der Waals surface area contributed by atoms with E-state index in [1.165, 1.54) is 0 Å². The first-order valence-corrected chi connectivity index (χ1v) is 2.35. The van der Waals surface area contributed by atoms with Crippen LogP contribution < -0.4 is 0 Å². The summed E-state index contributed by atoms with van der Waals surface area (Å²) in [5.74, 6) is 0. The molecule has 0 fully saturated rings. The summed E-state index contributed by atoms with van der Waals surface area (Å²) in [4.78, 5) is 21.6. The van der Waals surface area contributed by atoms with Crippen molar-refractivity contribution >= 4 is 7.82 Å². The fraction of sp³-hybridized carbons (Fsp3) is 0. The minimum Gasteiger partial charge on any atom is -0.412 e. The van der Waals surface area contributed by atoms with Gasteiger partial charge < -0.3 is 20.2 Å². The SMILES string of the molecule is O.O=P(O)(O)O.[Co].[Fe].[Mn]. The zero-order valence-corrected chi connectivity index (χ0v) is 7.98. The summed E-state index contributed by atoms with van der Waals surface area (Å²) in [5.41, 5.74) is 0. The summed E-state index contributed by atoms with van der Waals surface area (Å²) in [5, 5.41) is 0. The average Bonchev–Trinajstić information content (AvgIpc) is 0.722. The molecule has 0 heterocycles. The number of rotatable bonds is 0. The molecule has 0 aromatic heterocycles. The van der Waals surface area contributed by atoms with Gasteiger partial charge in [0.25, 0.3) is 0 Å². The maximum absolute atomic E-state index is 8.88. The van der Waals surface area contributed by atoms with Gasteiger partial charge in [0.1, 0.15) is 0 Å². The second-order valence-electron chi connectivity index (χ2n) is 0.513. The van der Waals surface area contributed by atoms with Crippen molar-refractivity contribution in [2.75, 3.05) is 0 Å². The van der Waals surface area contributed by atoms with Gasteiger partial charge in [0.05, 0.1) is 0 Å². The third kappa shape index (κ3) is 214. The van der Waals surface area contributed by atoms with E-state index in [4.69, 9.17) is 19.2 Å². The van der Waals surface area contributed by atoms with Crippen LogP contribution >= 0.6 is 7.82 Å². The van der Waals surface area contributed by atoms with Gasteiger partial charge in [0.2, 0.25) is 0 Å². The van der Waals surface area contributed by atoms with E-state index in [1.54, 1.807) is 0 Å². The Morgan fingerprint density at radius 1 is 1.11 bits per heavy atom. The molecule has 5 N–H and O–H groups in total. The Bertz CT molecular complexity index is 63.1. The molecular formula is H5CoFeMnO5P. The number of hydrogen-bond donors (Lipinski definition) is 3. The fourth-order valence-corrected chi connectivity index (χ4v) is 0. The molecule has 0 spiro atoms. The maximum atomic E-state index is 8.88. The predicted octanol–water partition coefficient (Wildman–Crippen LogP) is -1.76. The topological polar surface area (TPSA) is 109 Å². The van der Waals surface area contributed by atoms with E-state index < -0.39 is 7.82 Å². The van der Waals surface area contributed by atoms with E-state index in [0.29, 0.717) is 0 Å². The average molecular weight is 286 g/mol. The van der Waals surface area contributed by atoms with Crippen LogP contribution in [0.5, 0.6) is 0 Å². The molecule has 0 aliphatic carbocycles. The first-order valence-electron chi connectivity index (χ1n) is 0.783. The zero-order valence-electron chi connectivity index (χ0n) is 3.76. The maximum Gasteiger partial charge on any atom is 0.466 e. The molecule has 9 heteroatoms. The summed E-state index contributed by atoms with van der Waals surface area (Å²) in [6.07, 6.45) is 0. The second-order valence-corrected chi connectivity index (χ2v) is 1.54. The molecular weight excluding hydrogens is 281 g/mol. The second kappa shape index (κ2) is 12.3. The van der Waals surface area contributed by atoms with Crippen LogP contribution in [0.1, 0.15) is 0 Å². The fourth-order valence-electron chi connectivity index (χ4n) is 0. The molecule has 9 heavy (non-hydrogen) atoms. The molecule has 0 aromatic carbocycles. The summed E-state index contributed by atoms with van der Waals surface area (Å²) in [7, 11) is -4.64. The monoisotopic (exact) mass is 286 g/mol. The molecule has 5 nitrogen and oxygen atoms in total. The van der Waals surface area contributed by atoms with Crippen molar-refractivity contribution in [1.82, 2.24) is 0 Å². The van der Waals surface area contributed by atoms with Crippen LogP contribution in [-0.2, 0) is 55.5 Å². The van der Waals surface area contributed by atoms with Crippen LogP contribution in [0.15, 0.2) is 0 Å². The van der Waals surface area contributed by atoms with E-state index in [2.05, 4.69) is 0 Å². The van der Waals surface area contributed by atoms with E-state index in [1.807, 2.05) is 0 Å². The molecule has 0 atom stereocenters. The van der Waals surface area contributed by atoms with Crippen molar-refractivity contribution in [1.29, 1.82) is 0 Å². The van der Waals surface area contributed by atoms with Crippen LogP contribution in [0.3, 0.4) is 0 Å². The van der Waals surface area contributed by atoms with Gasteiger partial charge in [0, 0.05) is 50.9 Å². The van der Waals surface area contributed by atoms with Gasteiger partial charge in [-0.2, -0.15) is 0 Å². The summed E-state index contributed by atoms with van der Waals surface area (Å²) >= 11 is 0. The van der Waals surface area contributed by atoms with E-state index in [9.17, 15) is 0 Å². The van der Waals surface area contributed by atoms with Gasteiger partial charge in [-0.25, -0.2) is 4.57 Å². The molecule has 0 unspecified atom stereocenters. The van der Waals surface area contributed by atoms with E-state index in [-0.39, 0.29) is 56.4 Å². The Kier molecular flexibility index (Phi) is 42.6. The Balaban J connectivity index is -0.0000000133. The molecule has 64 valence electrons. The largest absolute Gasteiger partial charge is 0.466 e. The van der Waals surface area contributed by atoms with Crippen molar-refractivity contribution in [3.63, 3.8) is 0 Å². The van der Waals surface area contributed by atoms with Crippen molar-refractivity contribution in [3.05, 3.63) is 0 Å². The molecule has 0 aromatic rings. The van der Waals surface area contributed by atoms with Crippen LogP contribution in [0.2, 0.25) is 0 Å². The van der Waals surface area contributed by atoms with Crippen molar-refractivity contribution in [2.45, 2.75) is 0 Å². The van der Waals surface area contributed by atoms with E-state index >= 15 is 0 Å². The Hall–Kier alpha value is 1.62. The summed E-state index contributed by atoms with van der Waals surface area (Å²) in [6.45, 7) is 0. The molecule has 0 aliphatic heterocycles. The quantitative estimate of drug-likeness (QED) is 0.362. The van der Waals surface area contributed by atoms with Crippen LogP contribution in [-0.4, -0.2) is 20.2 Å². The van der Waals surface area contributed by atoms with E-state index in [0.717, 1.165) is 0 Å². The molecule has 0 aliphatic rings. The first-order chi connectivity index (χ1) is 2.00. The van der Waals surface area contributed by atoms with Gasteiger partial charge in [-0.1, -0.05) is 0 Å². The Labute approximate surface area is 83.3 Å². The number of phosphoric acid groups is 1. The number of hydrogen-bond acceptors (Lipinski definition) is 1. The van der Waals surface area contributed by atoms with Gasteiger partial charge in [-0.15, -0.1) is 0 Å². The van der Waals surface area contributed by atoms with Gasteiger partial charge >= 0.3 is 7.82 Å². The molecule has 0 rings (SSSR count). The standard InChI is InChI=1S/Co.Fe.Mn.H3O4P.H2O/c;;;1-5(2,3)4;/h;;;(H3,1,2,3,4);1H2. The molecule has 0 bridgehead atoms. The molecule has 2 radical (unpaired) electrons. The van der Waals surface area contributed by atoms with Crippen LogP contribution in [0, 0.1) is 0 Å². The zero-order chi connectivity index (χ0) is 4.50. The molecule has 0 saturated heterocycles. The third-order valence-corrected chi connectivity index (χ3v) is 0.